The third-order valence-corrected chi connectivity index (χ3v) is 5.38. The molecule has 39 heavy (non-hydrogen) atoms. The SMILES string of the molecule is C=CCNC(=O)[C@H](Cc1ccc(C(=N)N)cc1)C(=O)NC(CC(=O)O)C(=O)NC(CCCN=C(N)N)C(N)=O. The van der Waals surface area contributed by atoms with Crippen LogP contribution in [0.5, 0.6) is 0 Å². The van der Waals surface area contributed by atoms with Crippen molar-refractivity contribution in [2.45, 2.75) is 37.8 Å². The molecule has 3 atom stereocenters. The van der Waals surface area contributed by atoms with Gasteiger partial charge in [0.15, 0.2) is 5.96 Å². The van der Waals surface area contributed by atoms with E-state index >= 15 is 0 Å². The van der Waals surface area contributed by atoms with E-state index in [0.29, 0.717) is 11.1 Å². The van der Waals surface area contributed by atoms with Crippen LogP contribution in [0.25, 0.3) is 0 Å². The van der Waals surface area contributed by atoms with E-state index in [1.165, 1.54) is 6.08 Å². The number of carbonyl (C=O) groups is 5. The minimum atomic E-state index is -1.62. The van der Waals surface area contributed by atoms with Crippen molar-refractivity contribution in [2.75, 3.05) is 13.1 Å². The number of nitrogen functional groups attached to an aromatic ring is 1. The molecule has 212 valence electrons. The maximum Gasteiger partial charge on any atom is 0.305 e. The summed E-state index contributed by atoms with van der Waals surface area (Å²) in [7, 11) is 0. The molecule has 0 aliphatic carbocycles. The van der Waals surface area contributed by atoms with Crippen LogP contribution in [0.4, 0.5) is 0 Å². The Morgan fingerprint density at radius 1 is 0.974 bits per heavy atom. The fourth-order valence-corrected chi connectivity index (χ4v) is 3.37. The van der Waals surface area contributed by atoms with Crippen molar-refractivity contribution >= 4 is 41.4 Å². The van der Waals surface area contributed by atoms with Gasteiger partial charge in [0.2, 0.25) is 23.6 Å². The Labute approximate surface area is 225 Å². The van der Waals surface area contributed by atoms with Gasteiger partial charge in [-0.25, -0.2) is 0 Å². The Morgan fingerprint density at radius 2 is 1.59 bits per heavy atom. The molecule has 15 heteroatoms. The summed E-state index contributed by atoms with van der Waals surface area (Å²) in [5, 5.41) is 23.9. The predicted octanol–water partition coefficient (Wildman–Crippen LogP) is -2.59. The summed E-state index contributed by atoms with van der Waals surface area (Å²) >= 11 is 0. The monoisotopic (exact) mass is 545 g/mol. The van der Waals surface area contributed by atoms with Gasteiger partial charge in [-0.2, -0.15) is 0 Å². The van der Waals surface area contributed by atoms with Crippen LogP contribution in [0.3, 0.4) is 0 Å². The van der Waals surface area contributed by atoms with Gasteiger partial charge in [-0.05, 0) is 24.8 Å². The molecule has 1 rings (SSSR count). The number of guanidine groups is 1. The zero-order chi connectivity index (χ0) is 29.5. The molecule has 4 amide bonds. The molecule has 1 aromatic rings. The highest BCUT2D eigenvalue weighted by Gasteiger charge is 2.33. The largest absolute Gasteiger partial charge is 0.481 e. The molecule has 15 nitrogen and oxygen atoms in total. The van der Waals surface area contributed by atoms with Crippen LogP contribution in [0.2, 0.25) is 0 Å². The third-order valence-electron chi connectivity index (χ3n) is 5.38. The summed E-state index contributed by atoms with van der Waals surface area (Å²) in [6, 6.07) is 3.45. The lowest BCUT2D eigenvalue weighted by Crippen LogP contribution is -2.55. The summed E-state index contributed by atoms with van der Waals surface area (Å²) in [5.74, 6) is -6.55. The molecule has 0 saturated carbocycles. The van der Waals surface area contributed by atoms with Gasteiger partial charge in [0.05, 0.1) is 6.42 Å². The van der Waals surface area contributed by atoms with Crippen LogP contribution in [-0.4, -0.2) is 71.7 Å². The Bertz CT molecular complexity index is 1100. The first kappa shape index (κ1) is 32.1. The summed E-state index contributed by atoms with van der Waals surface area (Å²) in [4.78, 5) is 65.9. The molecule has 0 saturated heterocycles. The van der Waals surface area contributed by atoms with Crippen molar-refractivity contribution in [1.29, 1.82) is 5.41 Å². The van der Waals surface area contributed by atoms with Crippen molar-refractivity contribution in [3.63, 3.8) is 0 Å². The van der Waals surface area contributed by atoms with Crippen molar-refractivity contribution in [3.8, 4) is 0 Å². The number of hydrogen-bond donors (Lipinski definition) is 9. The zero-order valence-corrected chi connectivity index (χ0v) is 21.3. The quantitative estimate of drug-likeness (QED) is 0.0326. The highest BCUT2D eigenvalue weighted by Crippen LogP contribution is 2.13. The average molecular weight is 546 g/mol. The summed E-state index contributed by atoms with van der Waals surface area (Å²) in [6.07, 6.45) is 0.797. The number of nitrogens with one attached hydrogen (secondary N) is 4. The number of amides is 4. The molecular weight excluding hydrogens is 510 g/mol. The zero-order valence-electron chi connectivity index (χ0n) is 21.3. The Balaban J connectivity index is 3.10. The second-order valence-corrected chi connectivity index (χ2v) is 8.47. The number of aliphatic carboxylic acids is 1. The van der Waals surface area contributed by atoms with Crippen LogP contribution in [0, 0.1) is 11.3 Å². The highest BCUT2D eigenvalue weighted by atomic mass is 16.4. The Kier molecular flexibility index (Phi) is 13.2. The number of rotatable bonds is 17. The van der Waals surface area contributed by atoms with E-state index in [0.717, 1.165) is 0 Å². The molecule has 0 spiro atoms. The molecule has 0 fully saturated rings. The van der Waals surface area contributed by atoms with Crippen molar-refractivity contribution in [2.24, 2.45) is 33.8 Å². The van der Waals surface area contributed by atoms with Crippen molar-refractivity contribution in [3.05, 3.63) is 48.0 Å². The van der Waals surface area contributed by atoms with Gasteiger partial charge in [0, 0.05) is 18.7 Å². The number of primary amides is 1. The average Bonchev–Trinajstić information content (AvgIpc) is 2.86. The maximum absolute atomic E-state index is 13.2. The molecule has 1 aromatic carbocycles. The number of nitrogens with two attached hydrogens (primary N) is 4. The summed E-state index contributed by atoms with van der Waals surface area (Å²) < 4.78 is 0. The number of nitrogens with zero attached hydrogens (tertiary/aromatic N) is 1. The first-order chi connectivity index (χ1) is 18.3. The van der Waals surface area contributed by atoms with E-state index in [2.05, 4.69) is 27.5 Å². The van der Waals surface area contributed by atoms with Gasteiger partial charge < -0.3 is 44.0 Å². The van der Waals surface area contributed by atoms with Crippen LogP contribution in [0.15, 0.2) is 41.9 Å². The maximum atomic E-state index is 13.2. The van der Waals surface area contributed by atoms with Crippen LogP contribution < -0.4 is 38.9 Å². The number of benzene rings is 1. The number of aliphatic imine (C=N–C) groups is 1. The normalized spacial score (nSPS) is 12.6. The lowest BCUT2D eigenvalue weighted by Gasteiger charge is -2.23. The molecule has 13 N–H and O–H groups in total. The third kappa shape index (κ3) is 11.8. The molecule has 0 aromatic heterocycles. The lowest BCUT2D eigenvalue weighted by molar-refractivity contribution is -0.142. The van der Waals surface area contributed by atoms with Gasteiger partial charge in [0.1, 0.15) is 23.8 Å². The molecular formula is C24H35N9O6. The van der Waals surface area contributed by atoms with E-state index in [4.69, 9.17) is 28.3 Å². The van der Waals surface area contributed by atoms with Gasteiger partial charge in [-0.1, -0.05) is 30.3 Å². The van der Waals surface area contributed by atoms with E-state index in [9.17, 15) is 29.1 Å². The van der Waals surface area contributed by atoms with Crippen LogP contribution in [0.1, 0.15) is 30.4 Å². The lowest BCUT2D eigenvalue weighted by atomic mass is 9.96. The minimum Gasteiger partial charge on any atom is -0.481 e. The Morgan fingerprint density at radius 3 is 2.10 bits per heavy atom. The first-order valence-electron chi connectivity index (χ1n) is 11.8. The predicted molar refractivity (Wildman–Crippen MR) is 143 cm³/mol. The van der Waals surface area contributed by atoms with E-state index in [-0.39, 0.29) is 44.1 Å². The number of carbonyl (C=O) groups excluding carboxylic acids is 4. The van der Waals surface area contributed by atoms with Crippen molar-refractivity contribution < 1.29 is 29.1 Å². The van der Waals surface area contributed by atoms with E-state index < -0.39 is 54.0 Å². The van der Waals surface area contributed by atoms with Gasteiger partial charge >= 0.3 is 5.97 Å². The van der Waals surface area contributed by atoms with E-state index in [1.54, 1.807) is 24.3 Å². The first-order valence-corrected chi connectivity index (χ1v) is 11.8. The minimum absolute atomic E-state index is 0.0500. The van der Waals surface area contributed by atoms with Gasteiger partial charge in [-0.15, -0.1) is 6.58 Å². The smallest absolute Gasteiger partial charge is 0.305 e. The number of carboxylic acids is 1. The second kappa shape index (κ2) is 16.0. The van der Waals surface area contributed by atoms with Gasteiger partial charge in [-0.3, -0.25) is 34.4 Å². The molecule has 0 heterocycles. The topological polar surface area (TPSA) is 282 Å². The molecule has 0 aliphatic heterocycles. The summed E-state index contributed by atoms with van der Waals surface area (Å²) in [5.41, 5.74) is 22.3. The number of carboxylic acid groups (broad SMARTS) is 1. The fraction of sp³-hybridized carbons (Fsp3) is 0.375. The Hall–Kier alpha value is -4.95. The van der Waals surface area contributed by atoms with Crippen molar-refractivity contribution in [1.82, 2.24) is 16.0 Å². The van der Waals surface area contributed by atoms with Crippen LogP contribution >= 0.6 is 0 Å². The second-order valence-electron chi connectivity index (χ2n) is 8.47. The highest BCUT2D eigenvalue weighted by molar-refractivity contribution is 6.03. The molecule has 0 aliphatic rings. The standard InChI is InChI=1S/C24H35N9O6/c1-2-9-30-21(37)15(11-13-5-7-14(8-6-13)19(25)26)22(38)33-17(12-18(34)35)23(39)32-16(20(27)36)4-3-10-31-24(28)29/h2,5-8,15-17H,1,3-4,9-12H2,(H3,25,26)(H2,27,36)(H,30,37)(H,32,39)(H,33,38)(H,34,35)(H4,28,29,31)/t15-,16?,17?/m0/s1. The molecule has 0 radical (unpaired) electrons. The fourth-order valence-electron chi connectivity index (χ4n) is 3.37. The molecule has 0 bridgehead atoms. The number of hydrogen-bond acceptors (Lipinski definition) is 7. The summed E-state index contributed by atoms with van der Waals surface area (Å²) in [6.45, 7) is 3.73. The van der Waals surface area contributed by atoms with Gasteiger partial charge in [0.25, 0.3) is 0 Å². The van der Waals surface area contributed by atoms with E-state index in [1.807, 2.05) is 0 Å². The number of amidine groups is 1. The molecule has 2 unspecified atom stereocenters. The van der Waals surface area contributed by atoms with Crippen LogP contribution in [-0.2, 0) is 30.4 Å².